The number of fused-ring (bicyclic) bond motifs is 1. The molecule has 1 fully saturated rings. The Balaban J connectivity index is 2.00. The van der Waals surface area contributed by atoms with Crippen molar-refractivity contribution in [2.24, 2.45) is 0 Å². The average Bonchev–Trinajstić information content (AvgIpc) is 2.62. The first-order valence-electron chi connectivity index (χ1n) is 5.52. The Morgan fingerprint density at radius 3 is 2.05 bits per heavy atom. The van der Waals surface area contributed by atoms with E-state index in [1.54, 1.807) is 12.1 Å². The molecule has 0 bridgehead atoms. The maximum Gasteiger partial charge on any atom is 0.328 e. The second kappa shape index (κ2) is 3.64. The van der Waals surface area contributed by atoms with Crippen molar-refractivity contribution in [1.29, 1.82) is 0 Å². The van der Waals surface area contributed by atoms with Crippen molar-refractivity contribution < 1.29 is 24.3 Å². The number of aliphatic carboxylic acids is 1. The van der Waals surface area contributed by atoms with Gasteiger partial charge in [0.25, 0.3) is 11.8 Å². The van der Waals surface area contributed by atoms with Gasteiger partial charge in [-0.05, 0) is 12.1 Å². The van der Waals surface area contributed by atoms with Crippen LogP contribution in [0.3, 0.4) is 0 Å². The van der Waals surface area contributed by atoms with Gasteiger partial charge in [0.1, 0.15) is 6.04 Å². The topological polar surface area (TPSA) is 104 Å². The van der Waals surface area contributed by atoms with E-state index < -0.39 is 35.8 Å². The molecule has 0 aliphatic carbocycles. The standard InChI is InChI=1S/C12H8N2O5/c15-9-8(7(13-9)12(18)19)14-10(16)5-3-1-2-4-6(5)11(14)17/h1-4,7-8H,(H,13,15)(H,18,19)/t7-,8-/m0/s1. The Morgan fingerprint density at radius 2 is 1.63 bits per heavy atom. The summed E-state index contributed by atoms with van der Waals surface area (Å²) in [6.45, 7) is 0. The molecule has 0 aromatic heterocycles. The van der Waals surface area contributed by atoms with Gasteiger partial charge in [-0.1, -0.05) is 12.1 Å². The van der Waals surface area contributed by atoms with Gasteiger partial charge >= 0.3 is 5.97 Å². The predicted molar refractivity (Wildman–Crippen MR) is 60.3 cm³/mol. The first kappa shape index (κ1) is 11.4. The van der Waals surface area contributed by atoms with Crippen molar-refractivity contribution >= 4 is 23.7 Å². The van der Waals surface area contributed by atoms with Crippen molar-refractivity contribution in [2.75, 3.05) is 0 Å². The molecule has 2 atom stereocenters. The number of hydrogen-bond donors (Lipinski definition) is 2. The summed E-state index contributed by atoms with van der Waals surface area (Å²) in [6, 6.07) is 3.63. The second-order valence-electron chi connectivity index (χ2n) is 4.30. The third-order valence-corrected chi connectivity index (χ3v) is 3.25. The van der Waals surface area contributed by atoms with Crippen LogP contribution < -0.4 is 5.32 Å². The maximum absolute atomic E-state index is 12.1. The number of β-lactam (4-membered cyclic amide) rings is 1. The van der Waals surface area contributed by atoms with Crippen LogP contribution >= 0.6 is 0 Å². The van der Waals surface area contributed by atoms with Crippen LogP contribution in [0.2, 0.25) is 0 Å². The van der Waals surface area contributed by atoms with Crippen molar-refractivity contribution in [1.82, 2.24) is 10.2 Å². The number of benzene rings is 1. The molecule has 1 aromatic rings. The summed E-state index contributed by atoms with van der Waals surface area (Å²) in [5.41, 5.74) is 0.382. The maximum atomic E-state index is 12.1. The molecule has 0 saturated carbocycles. The van der Waals surface area contributed by atoms with Crippen LogP contribution in [-0.4, -0.2) is 45.8 Å². The smallest absolute Gasteiger partial charge is 0.328 e. The molecule has 19 heavy (non-hydrogen) atoms. The van der Waals surface area contributed by atoms with E-state index in [1.165, 1.54) is 12.1 Å². The lowest BCUT2D eigenvalue weighted by molar-refractivity contribution is -0.152. The first-order chi connectivity index (χ1) is 9.02. The van der Waals surface area contributed by atoms with Gasteiger partial charge in [0.15, 0.2) is 6.04 Å². The van der Waals surface area contributed by atoms with E-state index >= 15 is 0 Å². The van der Waals surface area contributed by atoms with Crippen LogP contribution in [0, 0.1) is 0 Å². The number of nitrogens with one attached hydrogen (secondary N) is 1. The summed E-state index contributed by atoms with van der Waals surface area (Å²) in [5.74, 6) is -3.18. The summed E-state index contributed by atoms with van der Waals surface area (Å²) in [4.78, 5) is 47.3. The summed E-state index contributed by atoms with van der Waals surface area (Å²) in [6.07, 6.45) is 0. The monoisotopic (exact) mass is 260 g/mol. The molecule has 0 unspecified atom stereocenters. The molecule has 2 heterocycles. The molecule has 96 valence electrons. The normalized spacial score (nSPS) is 24.8. The summed E-state index contributed by atoms with van der Waals surface area (Å²) < 4.78 is 0. The number of rotatable bonds is 2. The number of carbonyl (C=O) groups is 4. The van der Waals surface area contributed by atoms with E-state index in [4.69, 9.17) is 5.11 Å². The van der Waals surface area contributed by atoms with E-state index in [1.807, 2.05) is 0 Å². The minimum atomic E-state index is -1.28. The number of hydrogen-bond acceptors (Lipinski definition) is 4. The highest BCUT2D eigenvalue weighted by Crippen LogP contribution is 2.28. The Morgan fingerprint density at radius 1 is 1.11 bits per heavy atom. The number of carboxylic acids is 1. The zero-order valence-electron chi connectivity index (χ0n) is 9.49. The third-order valence-electron chi connectivity index (χ3n) is 3.25. The minimum absolute atomic E-state index is 0.191. The lowest BCUT2D eigenvalue weighted by atomic mass is 9.97. The van der Waals surface area contributed by atoms with Gasteiger partial charge in [0, 0.05) is 0 Å². The molecule has 3 amide bonds. The van der Waals surface area contributed by atoms with Gasteiger partial charge in [0.05, 0.1) is 11.1 Å². The molecule has 0 radical (unpaired) electrons. The van der Waals surface area contributed by atoms with Crippen LogP contribution in [0.5, 0.6) is 0 Å². The van der Waals surface area contributed by atoms with Gasteiger partial charge in [-0.25, -0.2) is 4.79 Å². The number of imide groups is 1. The van der Waals surface area contributed by atoms with Crippen LogP contribution in [0.15, 0.2) is 24.3 Å². The van der Waals surface area contributed by atoms with Crippen molar-refractivity contribution in [3.63, 3.8) is 0 Å². The van der Waals surface area contributed by atoms with Crippen LogP contribution in [0.4, 0.5) is 0 Å². The lowest BCUT2D eigenvalue weighted by Gasteiger charge is -2.38. The van der Waals surface area contributed by atoms with Crippen molar-refractivity contribution in [3.05, 3.63) is 35.4 Å². The summed E-state index contributed by atoms with van der Waals surface area (Å²) >= 11 is 0. The van der Waals surface area contributed by atoms with Gasteiger partial charge in [-0.3, -0.25) is 19.3 Å². The number of carbonyl (C=O) groups excluding carboxylic acids is 3. The Labute approximate surface area is 106 Å². The highest BCUT2D eigenvalue weighted by atomic mass is 16.4. The number of carboxylic acid groups (broad SMARTS) is 1. The number of amides is 3. The fraction of sp³-hybridized carbons (Fsp3) is 0.167. The van der Waals surface area contributed by atoms with E-state index in [2.05, 4.69) is 5.32 Å². The van der Waals surface area contributed by atoms with E-state index in [9.17, 15) is 19.2 Å². The molecular weight excluding hydrogens is 252 g/mol. The summed E-state index contributed by atoms with van der Waals surface area (Å²) in [5, 5.41) is 11.1. The Bertz CT molecular complexity index is 604. The molecule has 1 saturated heterocycles. The third kappa shape index (κ3) is 1.38. The fourth-order valence-corrected chi connectivity index (χ4v) is 2.30. The molecule has 1 aromatic carbocycles. The molecule has 2 aliphatic rings. The van der Waals surface area contributed by atoms with Crippen molar-refractivity contribution in [3.8, 4) is 0 Å². The van der Waals surface area contributed by atoms with Crippen LogP contribution in [0.1, 0.15) is 20.7 Å². The number of nitrogens with zero attached hydrogens (tertiary/aromatic N) is 1. The molecular formula is C12H8N2O5. The quantitative estimate of drug-likeness (QED) is 0.537. The van der Waals surface area contributed by atoms with E-state index in [0.717, 1.165) is 4.90 Å². The minimum Gasteiger partial charge on any atom is -0.480 e. The van der Waals surface area contributed by atoms with Crippen molar-refractivity contribution in [2.45, 2.75) is 12.1 Å². The lowest BCUT2D eigenvalue weighted by Crippen LogP contribution is -2.72. The zero-order valence-corrected chi connectivity index (χ0v) is 9.49. The van der Waals surface area contributed by atoms with E-state index in [-0.39, 0.29) is 11.1 Å². The second-order valence-corrected chi connectivity index (χ2v) is 4.30. The molecule has 2 aliphatic heterocycles. The molecule has 7 heteroatoms. The highest BCUT2D eigenvalue weighted by Gasteiger charge is 2.54. The molecule has 2 N–H and O–H groups in total. The van der Waals surface area contributed by atoms with Crippen LogP contribution in [-0.2, 0) is 9.59 Å². The Kier molecular flexibility index (Phi) is 2.19. The largest absolute Gasteiger partial charge is 0.480 e. The molecule has 0 spiro atoms. The highest BCUT2D eigenvalue weighted by molar-refractivity contribution is 6.24. The van der Waals surface area contributed by atoms with Gasteiger partial charge < -0.3 is 10.4 Å². The Hall–Kier alpha value is -2.70. The average molecular weight is 260 g/mol. The predicted octanol–water partition coefficient (Wildman–Crippen LogP) is -0.766. The van der Waals surface area contributed by atoms with Gasteiger partial charge in [-0.2, -0.15) is 0 Å². The van der Waals surface area contributed by atoms with Gasteiger partial charge in [-0.15, -0.1) is 0 Å². The zero-order chi connectivity index (χ0) is 13.7. The van der Waals surface area contributed by atoms with Crippen LogP contribution in [0.25, 0.3) is 0 Å². The first-order valence-corrected chi connectivity index (χ1v) is 5.52. The summed E-state index contributed by atoms with van der Waals surface area (Å²) in [7, 11) is 0. The fourth-order valence-electron chi connectivity index (χ4n) is 2.30. The van der Waals surface area contributed by atoms with Gasteiger partial charge in [0.2, 0.25) is 5.91 Å². The molecule has 3 rings (SSSR count). The molecule has 7 nitrogen and oxygen atoms in total. The van der Waals surface area contributed by atoms with E-state index in [0.29, 0.717) is 0 Å². The SMILES string of the molecule is O=C(O)[C@H]1NC(=O)[C@H]1N1C(=O)c2ccccc2C1=O.